The highest BCUT2D eigenvalue weighted by atomic mass is 79.9. The fourth-order valence-corrected chi connectivity index (χ4v) is 2.22. The van der Waals surface area contributed by atoms with Crippen LogP contribution in [0.1, 0.15) is 33.3 Å². The van der Waals surface area contributed by atoms with E-state index < -0.39 is 29.6 Å². The summed E-state index contributed by atoms with van der Waals surface area (Å²) < 4.78 is 11.0. The summed E-state index contributed by atoms with van der Waals surface area (Å²) >= 11 is 3.34. The summed E-state index contributed by atoms with van der Waals surface area (Å²) in [5.41, 5.74) is 0.177. The quantitative estimate of drug-likeness (QED) is 0.557. The number of esters is 1. The van der Waals surface area contributed by atoms with Crippen molar-refractivity contribution in [2.45, 2.75) is 39.3 Å². The molecule has 26 heavy (non-hydrogen) atoms. The minimum absolute atomic E-state index is 0.490. The zero-order chi connectivity index (χ0) is 19.9. The molecule has 8 heteroatoms. The SMILES string of the molecule is COc1ccc(Br)cc1/C=C/C(=O)OC(C)C(=O)NC(=O)NC(C)(C)C. The number of nitrogens with one attached hydrogen (secondary N) is 2. The number of carbonyl (C=O) groups is 3. The number of hydrogen-bond donors (Lipinski definition) is 2. The molecule has 1 unspecified atom stereocenters. The number of ether oxygens (including phenoxy) is 2. The average Bonchev–Trinajstić information content (AvgIpc) is 2.51. The molecule has 142 valence electrons. The zero-order valence-electron chi connectivity index (χ0n) is 15.4. The number of amides is 3. The lowest BCUT2D eigenvalue weighted by Gasteiger charge is -2.21. The third-order valence-electron chi connectivity index (χ3n) is 2.98. The van der Waals surface area contributed by atoms with Gasteiger partial charge in [-0.1, -0.05) is 15.9 Å². The molecule has 0 saturated carbocycles. The summed E-state index contributed by atoms with van der Waals surface area (Å²) in [5, 5.41) is 4.70. The lowest BCUT2D eigenvalue weighted by molar-refractivity contribution is -0.149. The van der Waals surface area contributed by atoms with E-state index in [0.29, 0.717) is 11.3 Å². The highest BCUT2D eigenvalue weighted by Crippen LogP contribution is 2.24. The maximum Gasteiger partial charge on any atom is 0.331 e. The van der Waals surface area contributed by atoms with Crippen LogP contribution in [0.25, 0.3) is 6.08 Å². The molecule has 2 N–H and O–H groups in total. The van der Waals surface area contributed by atoms with Gasteiger partial charge in [-0.3, -0.25) is 10.1 Å². The molecule has 0 aromatic heterocycles. The van der Waals surface area contributed by atoms with Crippen molar-refractivity contribution in [3.8, 4) is 5.75 Å². The number of carbonyl (C=O) groups excluding carboxylic acids is 3. The molecular weight excluding hydrogens is 404 g/mol. The van der Waals surface area contributed by atoms with Crippen LogP contribution in [-0.4, -0.2) is 36.7 Å². The van der Waals surface area contributed by atoms with Gasteiger partial charge in [0.25, 0.3) is 5.91 Å². The zero-order valence-corrected chi connectivity index (χ0v) is 17.0. The Labute approximate surface area is 161 Å². The fraction of sp³-hybridized carbons (Fsp3) is 0.389. The van der Waals surface area contributed by atoms with Crippen molar-refractivity contribution in [2.24, 2.45) is 0 Å². The van der Waals surface area contributed by atoms with Gasteiger partial charge in [0.05, 0.1) is 7.11 Å². The van der Waals surface area contributed by atoms with Crippen LogP contribution < -0.4 is 15.4 Å². The molecule has 0 aliphatic rings. The van der Waals surface area contributed by atoms with E-state index in [1.54, 1.807) is 32.9 Å². The highest BCUT2D eigenvalue weighted by Gasteiger charge is 2.21. The molecule has 0 saturated heterocycles. The summed E-state index contributed by atoms with van der Waals surface area (Å²) in [6.45, 7) is 6.72. The minimum atomic E-state index is -1.12. The Morgan fingerprint density at radius 2 is 1.88 bits per heavy atom. The van der Waals surface area contributed by atoms with Crippen molar-refractivity contribution in [3.05, 3.63) is 34.3 Å². The smallest absolute Gasteiger partial charge is 0.331 e. The number of halogens is 1. The summed E-state index contributed by atoms with van der Waals surface area (Å²) in [6.07, 6.45) is 1.58. The first-order valence-electron chi connectivity index (χ1n) is 7.87. The van der Waals surface area contributed by atoms with Crippen LogP contribution in [0.2, 0.25) is 0 Å². The van der Waals surface area contributed by atoms with Crippen LogP contribution in [0.3, 0.4) is 0 Å². The molecule has 1 rings (SSSR count). The average molecular weight is 427 g/mol. The van der Waals surface area contributed by atoms with Crippen molar-refractivity contribution in [3.63, 3.8) is 0 Å². The standard InChI is InChI=1S/C18H23BrN2O5/c1-11(16(23)20-17(24)21-18(2,3)4)26-15(22)9-6-12-10-13(19)7-8-14(12)25-5/h6-11H,1-5H3,(H2,20,21,23,24)/b9-6+. The molecule has 0 radical (unpaired) electrons. The summed E-state index contributed by atoms with van der Waals surface area (Å²) in [5.74, 6) is -0.846. The molecule has 0 fully saturated rings. The Hall–Kier alpha value is -2.35. The van der Waals surface area contributed by atoms with Gasteiger partial charge < -0.3 is 14.8 Å². The number of benzene rings is 1. The Balaban J connectivity index is 2.63. The molecule has 1 atom stereocenters. The second-order valence-corrected chi connectivity index (χ2v) is 7.41. The van der Waals surface area contributed by atoms with Gasteiger partial charge in [-0.25, -0.2) is 9.59 Å². The molecule has 1 aromatic carbocycles. The largest absolute Gasteiger partial charge is 0.496 e. The van der Waals surface area contributed by atoms with Gasteiger partial charge in [-0.05, 0) is 52.0 Å². The van der Waals surface area contributed by atoms with Gasteiger partial charge in [-0.15, -0.1) is 0 Å². The van der Waals surface area contributed by atoms with Crippen LogP contribution in [0.5, 0.6) is 5.75 Å². The maximum absolute atomic E-state index is 11.9. The highest BCUT2D eigenvalue weighted by molar-refractivity contribution is 9.10. The minimum Gasteiger partial charge on any atom is -0.496 e. The van der Waals surface area contributed by atoms with Crippen LogP contribution in [0, 0.1) is 0 Å². The third kappa shape index (κ3) is 7.69. The van der Waals surface area contributed by atoms with Gasteiger partial charge in [0.1, 0.15) is 5.75 Å². The normalized spacial score (nSPS) is 12.4. The Morgan fingerprint density at radius 1 is 1.23 bits per heavy atom. The molecule has 0 heterocycles. The lowest BCUT2D eigenvalue weighted by Crippen LogP contribution is -2.50. The summed E-state index contributed by atoms with van der Waals surface area (Å²) in [7, 11) is 1.52. The van der Waals surface area contributed by atoms with Crippen LogP contribution in [0.4, 0.5) is 4.79 Å². The van der Waals surface area contributed by atoms with Crippen LogP contribution >= 0.6 is 15.9 Å². The van der Waals surface area contributed by atoms with Gasteiger partial charge >= 0.3 is 12.0 Å². The first-order chi connectivity index (χ1) is 12.0. The van der Waals surface area contributed by atoms with Crippen molar-refractivity contribution >= 4 is 39.9 Å². The molecule has 1 aromatic rings. The molecule has 3 amide bonds. The monoisotopic (exact) mass is 426 g/mol. The maximum atomic E-state index is 11.9. The van der Waals surface area contributed by atoms with Crippen molar-refractivity contribution in [1.82, 2.24) is 10.6 Å². The number of urea groups is 1. The first kappa shape index (κ1) is 21.7. The van der Waals surface area contributed by atoms with Crippen LogP contribution in [0.15, 0.2) is 28.7 Å². The Bertz CT molecular complexity index is 710. The van der Waals surface area contributed by atoms with Gasteiger partial charge in [0.2, 0.25) is 0 Å². The topological polar surface area (TPSA) is 93.7 Å². The molecule has 0 spiro atoms. The molecule has 0 aliphatic heterocycles. The molecular formula is C18H23BrN2O5. The van der Waals surface area contributed by atoms with Gasteiger partial charge in [0.15, 0.2) is 6.10 Å². The second-order valence-electron chi connectivity index (χ2n) is 6.49. The van der Waals surface area contributed by atoms with E-state index in [1.807, 2.05) is 6.07 Å². The van der Waals surface area contributed by atoms with E-state index >= 15 is 0 Å². The van der Waals surface area contributed by atoms with E-state index in [0.717, 1.165) is 4.47 Å². The predicted molar refractivity (Wildman–Crippen MR) is 102 cm³/mol. The molecule has 0 bridgehead atoms. The van der Waals surface area contributed by atoms with Crippen LogP contribution in [-0.2, 0) is 14.3 Å². The predicted octanol–water partition coefficient (Wildman–Crippen LogP) is 3.03. The Morgan fingerprint density at radius 3 is 2.46 bits per heavy atom. The van der Waals surface area contributed by atoms with Crippen molar-refractivity contribution in [2.75, 3.05) is 7.11 Å². The number of imide groups is 1. The van der Waals surface area contributed by atoms with E-state index in [-0.39, 0.29) is 0 Å². The molecule has 0 aliphatic carbocycles. The van der Waals surface area contributed by atoms with E-state index in [4.69, 9.17) is 9.47 Å². The number of rotatable bonds is 5. The Kier molecular flexibility index (Phi) is 7.82. The second kappa shape index (κ2) is 9.38. The van der Waals surface area contributed by atoms with Gasteiger partial charge in [-0.2, -0.15) is 0 Å². The first-order valence-corrected chi connectivity index (χ1v) is 8.66. The van der Waals surface area contributed by atoms with E-state index in [2.05, 4.69) is 26.6 Å². The summed E-state index contributed by atoms with van der Waals surface area (Å²) in [6, 6.07) is 4.68. The van der Waals surface area contributed by atoms with E-state index in [1.165, 1.54) is 26.2 Å². The van der Waals surface area contributed by atoms with Crippen molar-refractivity contribution in [1.29, 1.82) is 0 Å². The fourth-order valence-electron chi connectivity index (χ4n) is 1.85. The lowest BCUT2D eigenvalue weighted by atomic mass is 10.1. The van der Waals surface area contributed by atoms with Crippen molar-refractivity contribution < 1.29 is 23.9 Å². The number of methoxy groups -OCH3 is 1. The third-order valence-corrected chi connectivity index (χ3v) is 3.47. The van der Waals surface area contributed by atoms with E-state index in [9.17, 15) is 14.4 Å². The summed E-state index contributed by atoms with van der Waals surface area (Å²) in [4.78, 5) is 35.4. The van der Waals surface area contributed by atoms with Gasteiger partial charge in [0, 0.05) is 21.7 Å². The number of hydrogen-bond acceptors (Lipinski definition) is 5. The molecule has 7 nitrogen and oxygen atoms in total.